The van der Waals surface area contributed by atoms with Crippen LogP contribution in [0.4, 0.5) is 5.00 Å². The summed E-state index contributed by atoms with van der Waals surface area (Å²) in [6.07, 6.45) is 3.99. The average molecular weight is 307 g/mol. The van der Waals surface area contributed by atoms with Crippen molar-refractivity contribution in [3.8, 4) is 6.07 Å². The summed E-state index contributed by atoms with van der Waals surface area (Å²) in [4.78, 5) is 5.74. The van der Waals surface area contributed by atoms with E-state index in [1.165, 1.54) is 10.9 Å². The SMILES string of the molecule is CCn1cc(/C=N/c2sc(C)c(C)c2C#N)c2ccccc21. The van der Waals surface area contributed by atoms with Gasteiger partial charge in [-0.3, -0.25) is 0 Å². The first-order valence-corrected chi connectivity index (χ1v) is 8.09. The number of fused-ring (bicyclic) bond motifs is 1. The van der Waals surface area contributed by atoms with Crippen molar-refractivity contribution in [2.24, 2.45) is 4.99 Å². The molecule has 2 heterocycles. The lowest BCUT2D eigenvalue weighted by molar-refractivity contribution is 0.797. The molecule has 0 saturated heterocycles. The van der Waals surface area contributed by atoms with Gasteiger partial charge in [-0.25, -0.2) is 4.99 Å². The van der Waals surface area contributed by atoms with Crippen LogP contribution in [0, 0.1) is 25.2 Å². The molecule has 0 bridgehead atoms. The molecule has 0 radical (unpaired) electrons. The monoisotopic (exact) mass is 307 g/mol. The fourth-order valence-electron chi connectivity index (χ4n) is 2.60. The molecule has 0 fully saturated rings. The maximum atomic E-state index is 9.30. The van der Waals surface area contributed by atoms with E-state index in [1.54, 1.807) is 11.3 Å². The second-order valence-corrected chi connectivity index (χ2v) is 6.42. The Morgan fingerprint density at radius 1 is 1.32 bits per heavy atom. The Labute approximate surface area is 134 Å². The van der Waals surface area contributed by atoms with Gasteiger partial charge >= 0.3 is 0 Å². The van der Waals surface area contributed by atoms with Gasteiger partial charge in [-0.2, -0.15) is 5.26 Å². The van der Waals surface area contributed by atoms with Crippen LogP contribution in [-0.2, 0) is 6.54 Å². The van der Waals surface area contributed by atoms with E-state index < -0.39 is 0 Å². The number of nitrogens with zero attached hydrogens (tertiary/aromatic N) is 3. The molecule has 3 nitrogen and oxygen atoms in total. The minimum absolute atomic E-state index is 0.693. The number of hydrogen-bond acceptors (Lipinski definition) is 3. The number of aliphatic imine (C=N–C) groups is 1. The van der Waals surface area contributed by atoms with E-state index in [0.29, 0.717) is 5.56 Å². The summed E-state index contributed by atoms with van der Waals surface area (Å²) in [5.41, 5.74) is 4.03. The highest BCUT2D eigenvalue weighted by atomic mass is 32.1. The van der Waals surface area contributed by atoms with E-state index in [4.69, 9.17) is 0 Å². The lowest BCUT2D eigenvalue weighted by Gasteiger charge is -1.97. The van der Waals surface area contributed by atoms with Crippen molar-refractivity contribution in [2.45, 2.75) is 27.3 Å². The van der Waals surface area contributed by atoms with Crippen molar-refractivity contribution >= 4 is 33.5 Å². The van der Waals surface area contributed by atoms with E-state index >= 15 is 0 Å². The van der Waals surface area contributed by atoms with E-state index in [1.807, 2.05) is 26.1 Å². The number of aryl methyl sites for hydroxylation is 2. The maximum absolute atomic E-state index is 9.30. The molecule has 0 atom stereocenters. The number of hydrogen-bond donors (Lipinski definition) is 0. The van der Waals surface area contributed by atoms with Crippen molar-refractivity contribution in [1.82, 2.24) is 4.57 Å². The van der Waals surface area contributed by atoms with E-state index in [2.05, 4.69) is 46.9 Å². The van der Waals surface area contributed by atoms with Crippen molar-refractivity contribution in [3.63, 3.8) is 0 Å². The Kier molecular flexibility index (Phi) is 3.82. The summed E-state index contributed by atoms with van der Waals surface area (Å²) in [6.45, 7) is 7.07. The molecule has 0 N–H and O–H groups in total. The number of benzene rings is 1. The molecule has 0 spiro atoms. The lowest BCUT2D eigenvalue weighted by Crippen LogP contribution is -1.89. The van der Waals surface area contributed by atoms with Gasteiger partial charge in [0.1, 0.15) is 11.1 Å². The number of nitriles is 1. The van der Waals surface area contributed by atoms with Crippen LogP contribution < -0.4 is 0 Å². The van der Waals surface area contributed by atoms with Gasteiger partial charge in [0.25, 0.3) is 0 Å². The first kappa shape index (κ1) is 14.6. The zero-order valence-corrected chi connectivity index (χ0v) is 13.7. The van der Waals surface area contributed by atoms with Gasteiger partial charge in [0.05, 0.1) is 5.56 Å². The quantitative estimate of drug-likeness (QED) is 0.630. The van der Waals surface area contributed by atoms with Gasteiger partial charge in [-0.1, -0.05) is 18.2 Å². The molecule has 2 aromatic heterocycles. The third kappa shape index (κ3) is 2.34. The Morgan fingerprint density at radius 2 is 2.09 bits per heavy atom. The second-order valence-electron chi connectivity index (χ2n) is 5.22. The molecule has 1 aromatic carbocycles. The predicted molar refractivity (Wildman–Crippen MR) is 93.4 cm³/mol. The van der Waals surface area contributed by atoms with Gasteiger partial charge in [0.15, 0.2) is 0 Å². The molecular weight excluding hydrogens is 290 g/mol. The van der Waals surface area contributed by atoms with Gasteiger partial charge in [0.2, 0.25) is 0 Å². The average Bonchev–Trinajstić information content (AvgIpc) is 3.03. The molecule has 3 rings (SSSR count). The van der Waals surface area contributed by atoms with Crippen molar-refractivity contribution in [1.29, 1.82) is 5.26 Å². The molecule has 0 aliphatic carbocycles. The minimum Gasteiger partial charge on any atom is -0.347 e. The Balaban J connectivity index is 2.07. The van der Waals surface area contributed by atoms with Crippen molar-refractivity contribution in [3.05, 3.63) is 52.0 Å². The first-order chi connectivity index (χ1) is 10.7. The van der Waals surface area contributed by atoms with Gasteiger partial charge < -0.3 is 4.57 Å². The summed E-state index contributed by atoms with van der Waals surface area (Å²) in [7, 11) is 0. The third-order valence-electron chi connectivity index (χ3n) is 3.96. The van der Waals surface area contributed by atoms with Crippen LogP contribution >= 0.6 is 11.3 Å². The molecule has 0 saturated carbocycles. The fraction of sp³-hybridized carbons (Fsp3) is 0.222. The predicted octanol–water partition coefficient (Wildman–Crippen LogP) is 4.96. The highest BCUT2D eigenvalue weighted by molar-refractivity contribution is 7.16. The normalized spacial score (nSPS) is 11.4. The summed E-state index contributed by atoms with van der Waals surface area (Å²) < 4.78 is 2.22. The Hall–Kier alpha value is -2.38. The molecule has 110 valence electrons. The third-order valence-corrected chi connectivity index (χ3v) is 5.07. The molecular formula is C18H17N3S. The zero-order chi connectivity index (χ0) is 15.7. The van der Waals surface area contributed by atoms with Gasteiger partial charge in [0, 0.05) is 40.3 Å². The molecule has 0 aliphatic heterocycles. The van der Waals surface area contributed by atoms with Gasteiger partial charge in [-0.15, -0.1) is 11.3 Å². The van der Waals surface area contributed by atoms with E-state index in [-0.39, 0.29) is 0 Å². The largest absolute Gasteiger partial charge is 0.347 e. The van der Waals surface area contributed by atoms with Crippen LogP contribution in [0.2, 0.25) is 0 Å². The molecule has 4 heteroatoms. The number of rotatable bonds is 3. The van der Waals surface area contributed by atoms with Crippen LogP contribution in [0.15, 0.2) is 35.5 Å². The molecule has 0 unspecified atom stereocenters. The van der Waals surface area contributed by atoms with Crippen LogP contribution in [0.5, 0.6) is 0 Å². The van der Waals surface area contributed by atoms with Crippen LogP contribution in [0.25, 0.3) is 10.9 Å². The summed E-state index contributed by atoms with van der Waals surface area (Å²) in [6, 6.07) is 10.6. The standard InChI is InChI=1S/C18H17N3S/c1-4-21-11-14(15-7-5-6-8-17(15)21)10-20-18-16(9-19)12(2)13(3)22-18/h5-8,10-11H,4H2,1-3H3/b20-10+. The van der Waals surface area contributed by atoms with Crippen molar-refractivity contribution in [2.75, 3.05) is 0 Å². The highest BCUT2D eigenvalue weighted by Crippen LogP contribution is 2.34. The maximum Gasteiger partial charge on any atom is 0.134 e. The summed E-state index contributed by atoms with van der Waals surface area (Å²) in [5, 5.41) is 11.3. The number of thiophene rings is 1. The fourth-order valence-corrected chi connectivity index (χ4v) is 3.55. The van der Waals surface area contributed by atoms with Crippen LogP contribution in [0.3, 0.4) is 0 Å². The smallest absolute Gasteiger partial charge is 0.134 e. The van der Waals surface area contributed by atoms with Crippen molar-refractivity contribution < 1.29 is 0 Å². The van der Waals surface area contributed by atoms with Crippen LogP contribution in [-0.4, -0.2) is 10.8 Å². The van der Waals surface area contributed by atoms with E-state index in [0.717, 1.165) is 27.5 Å². The zero-order valence-electron chi connectivity index (χ0n) is 12.9. The Bertz CT molecular complexity index is 906. The van der Waals surface area contributed by atoms with E-state index in [9.17, 15) is 5.26 Å². The highest BCUT2D eigenvalue weighted by Gasteiger charge is 2.11. The molecule has 22 heavy (non-hydrogen) atoms. The molecule has 0 amide bonds. The van der Waals surface area contributed by atoms with Gasteiger partial charge in [-0.05, 0) is 32.4 Å². The Morgan fingerprint density at radius 3 is 2.82 bits per heavy atom. The summed E-state index contributed by atoms with van der Waals surface area (Å²) >= 11 is 1.58. The molecule has 0 aliphatic rings. The number of aromatic nitrogens is 1. The topological polar surface area (TPSA) is 41.1 Å². The molecule has 3 aromatic rings. The second kappa shape index (κ2) is 5.78. The minimum atomic E-state index is 0.693. The lowest BCUT2D eigenvalue weighted by atomic mass is 10.2. The number of para-hydroxylation sites is 1. The first-order valence-electron chi connectivity index (χ1n) is 7.27. The summed E-state index contributed by atoms with van der Waals surface area (Å²) in [5.74, 6) is 0. The van der Waals surface area contributed by atoms with Crippen LogP contribution in [0.1, 0.15) is 28.5 Å².